The molecular weight excluding hydrogens is 386 g/mol. The van der Waals surface area contributed by atoms with Crippen molar-refractivity contribution in [3.05, 3.63) is 63.7 Å². The number of hydrogen-bond donors (Lipinski definition) is 0. The maximum Gasteiger partial charge on any atom is 0.339 e. The lowest BCUT2D eigenvalue weighted by Gasteiger charge is -2.11. The van der Waals surface area contributed by atoms with E-state index < -0.39 is 5.97 Å². The second-order valence-electron chi connectivity index (χ2n) is 7.40. The molecule has 1 aliphatic rings. The molecule has 1 saturated carbocycles. The molecule has 5 nitrogen and oxygen atoms in total. The molecule has 6 heteroatoms. The van der Waals surface area contributed by atoms with Crippen molar-refractivity contribution < 1.29 is 9.53 Å². The third kappa shape index (κ3) is 4.78. The second kappa shape index (κ2) is 8.67. The van der Waals surface area contributed by atoms with E-state index in [1.807, 2.05) is 50.1 Å². The van der Waals surface area contributed by atoms with E-state index in [1.165, 1.54) is 0 Å². The standard InChI is InChI=1S/C23H24ClN3O2/c1-4-27(3)15-26-21-12-20(24)19(11-16(21)2)22(28)29-13-17-5-7-18(8-6-17)23(14-25)9-10-23/h5-8,11-12,15H,4,9-10,13H2,1-3H3. The summed E-state index contributed by atoms with van der Waals surface area (Å²) >= 11 is 6.30. The number of aryl methyl sites for hydroxylation is 1. The van der Waals surface area contributed by atoms with Crippen molar-refractivity contribution >= 4 is 29.6 Å². The predicted molar refractivity (Wildman–Crippen MR) is 115 cm³/mol. The SMILES string of the molecule is CCN(C)C=Nc1cc(Cl)c(C(=O)OCc2ccc(C3(C#N)CC3)cc2)cc1C. The van der Waals surface area contributed by atoms with Crippen LogP contribution in [0, 0.1) is 18.3 Å². The van der Waals surface area contributed by atoms with Crippen molar-refractivity contribution in [2.24, 2.45) is 4.99 Å². The van der Waals surface area contributed by atoms with Crippen molar-refractivity contribution in [3.8, 4) is 6.07 Å². The summed E-state index contributed by atoms with van der Waals surface area (Å²) in [4.78, 5) is 18.9. The Morgan fingerprint density at radius 2 is 2.03 bits per heavy atom. The molecule has 0 N–H and O–H groups in total. The van der Waals surface area contributed by atoms with E-state index in [0.717, 1.165) is 36.1 Å². The topological polar surface area (TPSA) is 65.7 Å². The largest absolute Gasteiger partial charge is 0.457 e. The Hall–Kier alpha value is -2.84. The summed E-state index contributed by atoms with van der Waals surface area (Å²) in [6, 6.07) is 13.4. The van der Waals surface area contributed by atoms with E-state index in [4.69, 9.17) is 16.3 Å². The van der Waals surface area contributed by atoms with Gasteiger partial charge in [0, 0.05) is 13.6 Å². The van der Waals surface area contributed by atoms with Gasteiger partial charge >= 0.3 is 5.97 Å². The van der Waals surface area contributed by atoms with Crippen LogP contribution in [0.15, 0.2) is 41.4 Å². The molecule has 0 unspecified atom stereocenters. The monoisotopic (exact) mass is 409 g/mol. The van der Waals surface area contributed by atoms with Gasteiger partial charge in [-0.05, 0) is 55.5 Å². The molecule has 3 rings (SSSR count). The van der Waals surface area contributed by atoms with Crippen LogP contribution in [0.5, 0.6) is 0 Å². The van der Waals surface area contributed by atoms with E-state index in [2.05, 4.69) is 11.1 Å². The van der Waals surface area contributed by atoms with Crippen LogP contribution < -0.4 is 0 Å². The molecule has 0 heterocycles. The normalized spacial score (nSPS) is 14.4. The number of rotatable bonds is 7. The first kappa shape index (κ1) is 20.9. The van der Waals surface area contributed by atoms with Crippen molar-refractivity contribution in [3.63, 3.8) is 0 Å². The highest BCUT2D eigenvalue weighted by atomic mass is 35.5. The summed E-state index contributed by atoms with van der Waals surface area (Å²) < 4.78 is 5.44. The van der Waals surface area contributed by atoms with Crippen LogP contribution in [-0.4, -0.2) is 30.8 Å². The van der Waals surface area contributed by atoms with E-state index >= 15 is 0 Å². The number of benzene rings is 2. The molecule has 29 heavy (non-hydrogen) atoms. The zero-order valence-electron chi connectivity index (χ0n) is 16.9. The van der Waals surface area contributed by atoms with E-state index in [1.54, 1.807) is 18.5 Å². The number of ether oxygens (including phenoxy) is 1. The molecule has 0 aliphatic heterocycles. The zero-order chi connectivity index (χ0) is 21.0. The van der Waals surface area contributed by atoms with Crippen molar-refractivity contribution in [2.45, 2.75) is 38.7 Å². The number of carbonyl (C=O) groups is 1. The number of carbonyl (C=O) groups excluding carboxylic acids is 1. The maximum absolute atomic E-state index is 12.5. The first-order valence-electron chi connectivity index (χ1n) is 9.61. The summed E-state index contributed by atoms with van der Waals surface area (Å²) in [6.45, 7) is 4.91. The molecule has 0 radical (unpaired) electrons. The molecule has 2 aromatic rings. The third-order valence-corrected chi connectivity index (χ3v) is 5.55. The van der Waals surface area contributed by atoms with E-state index in [-0.39, 0.29) is 12.0 Å². The zero-order valence-corrected chi connectivity index (χ0v) is 17.7. The van der Waals surface area contributed by atoms with Gasteiger partial charge in [-0.2, -0.15) is 5.26 Å². The van der Waals surface area contributed by atoms with Gasteiger partial charge in [-0.1, -0.05) is 35.9 Å². The van der Waals surface area contributed by atoms with Crippen LogP contribution >= 0.6 is 11.6 Å². The van der Waals surface area contributed by atoms with Gasteiger partial charge in [0.1, 0.15) is 6.61 Å². The summed E-state index contributed by atoms with van der Waals surface area (Å²) in [5, 5.41) is 9.59. The number of nitriles is 1. The lowest BCUT2D eigenvalue weighted by molar-refractivity contribution is 0.0473. The van der Waals surface area contributed by atoms with Crippen LogP contribution in [0.1, 0.15) is 46.8 Å². The molecular formula is C23H24ClN3O2. The molecule has 0 spiro atoms. The predicted octanol–water partition coefficient (Wildman–Crippen LogP) is 5.17. The Kier molecular flexibility index (Phi) is 6.24. The van der Waals surface area contributed by atoms with Crippen LogP contribution in [-0.2, 0) is 16.8 Å². The van der Waals surface area contributed by atoms with Gasteiger partial charge in [0.15, 0.2) is 0 Å². The Bertz CT molecular complexity index is 973. The highest BCUT2D eigenvalue weighted by molar-refractivity contribution is 6.33. The quantitative estimate of drug-likeness (QED) is 0.359. The molecule has 1 fully saturated rings. The van der Waals surface area contributed by atoms with Crippen LogP contribution in [0.3, 0.4) is 0 Å². The number of hydrogen-bond acceptors (Lipinski definition) is 4. The van der Waals surface area contributed by atoms with Crippen LogP contribution in [0.2, 0.25) is 5.02 Å². The average Bonchev–Trinajstić information content (AvgIpc) is 3.53. The number of nitrogens with zero attached hydrogens (tertiary/aromatic N) is 3. The fraction of sp³-hybridized carbons (Fsp3) is 0.348. The summed E-state index contributed by atoms with van der Waals surface area (Å²) in [5.74, 6) is -0.473. The molecule has 0 aromatic heterocycles. The minimum atomic E-state index is -0.473. The summed E-state index contributed by atoms with van der Waals surface area (Å²) in [5.41, 5.74) is 3.47. The number of esters is 1. The smallest absolute Gasteiger partial charge is 0.339 e. The highest BCUT2D eigenvalue weighted by Gasteiger charge is 2.44. The van der Waals surface area contributed by atoms with Crippen LogP contribution in [0.25, 0.3) is 0 Å². The molecule has 0 amide bonds. The maximum atomic E-state index is 12.5. The van der Waals surface area contributed by atoms with Gasteiger partial charge in [-0.15, -0.1) is 0 Å². The van der Waals surface area contributed by atoms with Gasteiger partial charge in [0.25, 0.3) is 0 Å². The first-order chi connectivity index (χ1) is 13.9. The highest BCUT2D eigenvalue weighted by Crippen LogP contribution is 2.47. The fourth-order valence-electron chi connectivity index (χ4n) is 2.95. The minimum Gasteiger partial charge on any atom is -0.457 e. The number of aliphatic imine (C=N–C) groups is 1. The van der Waals surface area contributed by atoms with Gasteiger partial charge < -0.3 is 9.64 Å². The minimum absolute atomic E-state index is 0.148. The lowest BCUT2D eigenvalue weighted by atomic mass is 9.97. The van der Waals surface area contributed by atoms with Gasteiger partial charge in [-0.25, -0.2) is 9.79 Å². The van der Waals surface area contributed by atoms with Crippen LogP contribution in [0.4, 0.5) is 5.69 Å². The van der Waals surface area contributed by atoms with Crippen molar-refractivity contribution in [2.75, 3.05) is 13.6 Å². The van der Waals surface area contributed by atoms with E-state index in [0.29, 0.717) is 16.3 Å². The molecule has 150 valence electrons. The van der Waals surface area contributed by atoms with Gasteiger partial charge in [-0.3, -0.25) is 0 Å². The van der Waals surface area contributed by atoms with Crippen molar-refractivity contribution in [1.82, 2.24) is 4.90 Å². The molecule has 2 aromatic carbocycles. The summed E-state index contributed by atoms with van der Waals surface area (Å²) in [7, 11) is 1.93. The lowest BCUT2D eigenvalue weighted by Crippen LogP contribution is -2.14. The fourth-order valence-corrected chi connectivity index (χ4v) is 3.18. The van der Waals surface area contributed by atoms with Gasteiger partial charge in [0.2, 0.25) is 0 Å². The Morgan fingerprint density at radius 1 is 1.34 bits per heavy atom. The number of halogens is 1. The van der Waals surface area contributed by atoms with Crippen molar-refractivity contribution in [1.29, 1.82) is 5.26 Å². The Balaban J connectivity index is 1.65. The Labute approximate surface area is 176 Å². The average molecular weight is 410 g/mol. The first-order valence-corrected chi connectivity index (χ1v) is 9.98. The molecule has 0 atom stereocenters. The summed E-state index contributed by atoms with van der Waals surface area (Å²) in [6.07, 6.45) is 3.55. The molecule has 0 bridgehead atoms. The second-order valence-corrected chi connectivity index (χ2v) is 7.81. The van der Waals surface area contributed by atoms with Gasteiger partial charge in [0.05, 0.1) is 34.1 Å². The van der Waals surface area contributed by atoms with E-state index in [9.17, 15) is 10.1 Å². The molecule has 1 aliphatic carbocycles. The third-order valence-electron chi connectivity index (χ3n) is 5.24. The molecule has 0 saturated heterocycles. The Morgan fingerprint density at radius 3 is 2.62 bits per heavy atom.